The second-order valence-corrected chi connectivity index (χ2v) is 18.1. The van der Waals surface area contributed by atoms with Gasteiger partial charge in [-0.25, -0.2) is 0 Å². The standard InChI is InChI=1S/C58H102O6/c1-4-7-10-13-16-19-22-25-28-30-33-36-39-42-45-48-51-57(60)63-54-55(53-62-56(59)50-47-44-41-38-35-32-27-24-21-18-15-12-9-6-3)64-58(61)52-49-46-43-40-37-34-31-29-26-23-20-17-14-11-8-5-2/h7,10,16,19,25,28-29,31,34,37,55H,4-6,8-9,11-15,17-18,20-24,26-27,30,32-33,35-36,38-54H2,1-3H3/b10-7-,19-16-,28-25-,31-29-,37-34-. The maximum atomic E-state index is 12.8. The fourth-order valence-electron chi connectivity index (χ4n) is 7.68. The van der Waals surface area contributed by atoms with Crippen LogP contribution in [0.4, 0.5) is 0 Å². The molecule has 1 unspecified atom stereocenters. The summed E-state index contributed by atoms with van der Waals surface area (Å²) >= 11 is 0. The van der Waals surface area contributed by atoms with E-state index in [0.717, 1.165) is 96.3 Å². The van der Waals surface area contributed by atoms with Crippen molar-refractivity contribution in [1.82, 2.24) is 0 Å². The van der Waals surface area contributed by atoms with Crippen LogP contribution in [0.25, 0.3) is 0 Å². The van der Waals surface area contributed by atoms with E-state index in [1.54, 1.807) is 0 Å². The summed E-state index contributed by atoms with van der Waals surface area (Å²) in [5.41, 5.74) is 0. The smallest absolute Gasteiger partial charge is 0.306 e. The van der Waals surface area contributed by atoms with Gasteiger partial charge in [0, 0.05) is 19.3 Å². The minimum absolute atomic E-state index is 0.0870. The molecule has 6 nitrogen and oxygen atoms in total. The molecule has 0 aromatic carbocycles. The Balaban J connectivity index is 4.43. The summed E-state index contributed by atoms with van der Waals surface area (Å²) < 4.78 is 16.8. The van der Waals surface area contributed by atoms with Crippen molar-refractivity contribution in [3.63, 3.8) is 0 Å². The molecule has 0 aliphatic carbocycles. The van der Waals surface area contributed by atoms with E-state index in [1.807, 2.05) is 0 Å². The van der Waals surface area contributed by atoms with E-state index in [-0.39, 0.29) is 31.1 Å². The number of rotatable bonds is 49. The van der Waals surface area contributed by atoms with Crippen LogP contribution in [0.3, 0.4) is 0 Å². The highest BCUT2D eigenvalue weighted by Crippen LogP contribution is 2.15. The Kier molecular flexibility index (Phi) is 50.4. The first-order valence-corrected chi connectivity index (χ1v) is 27.3. The Morgan fingerprint density at radius 1 is 0.344 bits per heavy atom. The summed E-state index contributed by atoms with van der Waals surface area (Å²) in [6, 6.07) is 0. The molecule has 0 amide bonds. The zero-order valence-electron chi connectivity index (χ0n) is 42.3. The highest BCUT2D eigenvalue weighted by Gasteiger charge is 2.19. The average molecular weight is 895 g/mol. The van der Waals surface area contributed by atoms with Crippen LogP contribution in [0, 0.1) is 0 Å². The van der Waals surface area contributed by atoms with Crippen molar-refractivity contribution >= 4 is 17.9 Å². The third-order valence-corrected chi connectivity index (χ3v) is 11.8. The van der Waals surface area contributed by atoms with Gasteiger partial charge in [0.25, 0.3) is 0 Å². The molecule has 0 saturated heterocycles. The number of hydrogen-bond acceptors (Lipinski definition) is 6. The highest BCUT2D eigenvalue weighted by atomic mass is 16.6. The Morgan fingerprint density at radius 3 is 1.06 bits per heavy atom. The lowest BCUT2D eigenvalue weighted by Crippen LogP contribution is -2.30. The molecule has 0 rings (SSSR count). The molecule has 0 radical (unpaired) electrons. The van der Waals surface area contributed by atoms with Gasteiger partial charge in [-0.3, -0.25) is 14.4 Å². The molecule has 1 atom stereocenters. The molecule has 0 saturated carbocycles. The van der Waals surface area contributed by atoms with Crippen LogP contribution in [0.15, 0.2) is 60.8 Å². The van der Waals surface area contributed by atoms with Gasteiger partial charge >= 0.3 is 17.9 Å². The monoisotopic (exact) mass is 895 g/mol. The molecule has 0 spiro atoms. The van der Waals surface area contributed by atoms with Gasteiger partial charge in [0.15, 0.2) is 6.10 Å². The van der Waals surface area contributed by atoms with Crippen LogP contribution >= 0.6 is 0 Å². The summed E-state index contributed by atoms with van der Waals surface area (Å²) in [5.74, 6) is -0.919. The first-order valence-electron chi connectivity index (χ1n) is 27.3. The second-order valence-electron chi connectivity index (χ2n) is 18.1. The number of carbonyl (C=O) groups excluding carboxylic acids is 3. The van der Waals surface area contributed by atoms with Crippen LogP contribution in [0.5, 0.6) is 0 Å². The van der Waals surface area contributed by atoms with Crippen LogP contribution in [0.2, 0.25) is 0 Å². The fraction of sp³-hybridized carbons (Fsp3) is 0.776. The Hall–Kier alpha value is -2.89. The van der Waals surface area contributed by atoms with Crippen LogP contribution in [0.1, 0.15) is 271 Å². The predicted molar refractivity (Wildman–Crippen MR) is 275 cm³/mol. The average Bonchev–Trinajstić information content (AvgIpc) is 3.29. The topological polar surface area (TPSA) is 78.9 Å². The van der Waals surface area contributed by atoms with E-state index in [4.69, 9.17) is 14.2 Å². The molecule has 6 heteroatoms. The lowest BCUT2D eigenvalue weighted by Gasteiger charge is -2.18. The van der Waals surface area contributed by atoms with E-state index >= 15 is 0 Å². The summed E-state index contributed by atoms with van der Waals surface area (Å²) in [5, 5.41) is 0. The van der Waals surface area contributed by atoms with Gasteiger partial charge in [-0.15, -0.1) is 0 Å². The Bertz CT molecular complexity index is 1170. The van der Waals surface area contributed by atoms with Gasteiger partial charge in [-0.05, 0) is 77.0 Å². The maximum Gasteiger partial charge on any atom is 0.306 e. The third kappa shape index (κ3) is 50.1. The Labute approximate surface area is 396 Å². The van der Waals surface area contributed by atoms with Crippen molar-refractivity contribution in [3.05, 3.63) is 60.8 Å². The third-order valence-electron chi connectivity index (χ3n) is 11.8. The number of carbonyl (C=O) groups is 3. The van der Waals surface area contributed by atoms with E-state index in [2.05, 4.69) is 81.5 Å². The van der Waals surface area contributed by atoms with E-state index in [1.165, 1.54) is 135 Å². The lowest BCUT2D eigenvalue weighted by atomic mass is 10.0. The number of hydrogen-bond donors (Lipinski definition) is 0. The van der Waals surface area contributed by atoms with E-state index in [9.17, 15) is 14.4 Å². The largest absolute Gasteiger partial charge is 0.462 e. The fourth-order valence-corrected chi connectivity index (χ4v) is 7.68. The summed E-state index contributed by atoms with van der Waals surface area (Å²) in [7, 11) is 0. The molecule has 0 aromatic heterocycles. The minimum Gasteiger partial charge on any atom is -0.462 e. The van der Waals surface area contributed by atoms with Crippen molar-refractivity contribution in [2.45, 2.75) is 277 Å². The van der Waals surface area contributed by atoms with Crippen LogP contribution in [-0.2, 0) is 28.6 Å². The van der Waals surface area contributed by atoms with Gasteiger partial charge in [-0.2, -0.15) is 0 Å². The van der Waals surface area contributed by atoms with Crippen LogP contribution < -0.4 is 0 Å². The van der Waals surface area contributed by atoms with Gasteiger partial charge in [0.1, 0.15) is 13.2 Å². The van der Waals surface area contributed by atoms with E-state index < -0.39 is 6.10 Å². The number of allylic oxidation sites excluding steroid dienone is 10. The normalized spacial score (nSPS) is 12.5. The summed E-state index contributed by atoms with van der Waals surface area (Å²) in [6.45, 7) is 6.51. The van der Waals surface area contributed by atoms with Gasteiger partial charge < -0.3 is 14.2 Å². The molecule has 0 bridgehead atoms. The molecule has 370 valence electrons. The molecule has 0 aliphatic heterocycles. The number of unbranched alkanes of at least 4 members (excludes halogenated alkanes) is 29. The van der Waals surface area contributed by atoms with Crippen molar-refractivity contribution in [2.24, 2.45) is 0 Å². The van der Waals surface area contributed by atoms with Gasteiger partial charge in [-0.1, -0.05) is 236 Å². The zero-order chi connectivity index (χ0) is 46.5. The maximum absolute atomic E-state index is 12.8. The number of esters is 3. The molecular formula is C58H102O6. The molecular weight excluding hydrogens is 793 g/mol. The number of ether oxygens (including phenoxy) is 3. The summed E-state index contributed by atoms with van der Waals surface area (Å²) in [6.07, 6.45) is 64.9. The van der Waals surface area contributed by atoms with Gasteiger partial charge in [0.05, 0.1) is 0 Å². The highest BCUT2D eigenvalue weighted by molar-refractivity contribution is 5.71. The zero-order valence-corrected chi connectivity index (χ0v) is 42.3. The second kappa shape index (κ2) is 52.7. The first kappa shape index (κ1) is 61.1. The van der Waals surface area contributed by atoms with Crippen LogP contribution in [-0.4, -0.2) is 37.2 Å². The van der Waals surface area contributed by atoms with Crippen molar-refractivity contribution in [1.29, 1.82) is 0 Å². The molecule has 0 aromatic rings. The predicted octanol–water partition coefficient (Wildman–Crippen LogP) is 18.0. The van der Waals surface area contributed by atoms with Crippen molar-refractivity contribution in [2.75, 3.05) is 13.2 Å². The first-order chi connectivity index (χ1) is 31.5. The van der Waals surface area contributed by atoms with E-state index in [0.29, 0.717) is 19.3 Å². The SMILES string of the molecule is CC/C=C\C/C=C\C/C=C\CCCCCCCCC(=O)OCC(COC(=O)CCCCCCCCCCCCCCCC)OC(=O)CCCCC/C=C\C=C/CCCCCCCCC. The van der Waals surface area contributed by atoms with Crippen molar-refractivity contribution < 1.29 is 28.6 Å². The molecule has 64 heavy (non-hydrogen) atoms. The minimum atomic E-state index is -0.791. The lowest BCUT2D eigenvalue weighted by molar-refractivity contribution is -0.167. The molecule has 0 fully saturated rings. The Morgan fingerprint density at radius 2 is 0.656 bits per heavy atom. The molecule has 0 heterocycles. The molecule has 0 aliphatic rings. The quantitative estimate of drug-likeness (QED) is 0.0199. The summed E-state index contributed by atoms with van der Waals surface area (Å²) in [4.78, 5) is 38.0. The van der Waals surface area contributed by atoms with Crippen molar-refractivity contribution in [3.8, 4) is 0 Å². The van der Waals surface area contributed by atoms with Gasteiger partial charge in [0.2, 0.25) is 0 Å². The molecule has 0 N–H and O–H groups in total.